The fourth-order valence-corrected chi connectivity index (χ4v) is 3.51. The number of hydrogen-bond donors (Lipinski definition) is 0. The van der Waals surface area contributed by atoms with Crippen LogP contribution in [-0.2, 0) is 11.4 Å². The molecule has 29 heavy (non-hydrogen) atoms. The Morgan fingerprint density at radius 1 is 1.17 bits per heavy atom. The Kier molecular flexibility index (Phi) is 6.57. The zero-order valence-electron chi connectivity index (χ0n) is 15.7. The van der Waals surface area contributed by atoms with E-state index in [0.29, 0.717) is 34.1 Å². The maximum atomic E-state index is 13.3. The molecule has 1 aliphatic rings. The summed E-state index contributed by atoms with van der Waals surface area (Å²) < 4.78 is 24.7. The van der Waals surface area contributed by atoms with Crippen LogP contribution in [0.1, 0.15) is 18.1 Å². The Balaban J connectivity index is 1.80. The number of hydrogen-bond acceptors (Lipinski definition) is 5. The summed E-state index contributed by atoms with van der Waals surface area (Å²) in [6, 6.07) is 11.3. The van der Waals surface area contributed by atoms with Gasteiger partial charge in [-0.05, 0) is 60.2 Å². The van der Waals surface area contributed by atoms with E-state index in [1.165, 1.54) is 12.1 Å². The van der Waals surface area contributed by atoms with Gasteiger partial charge >= 0.3 is 0 Å². The van der Waals surface area contributed by atoms with E-state index in [1.807, 2.05) is 6.92 Å². The van der Waals surface area contributed by atoms with Crippen molar-refractivity contribution in [3.8, 4) is 23.8 Å². The van der Waals surface area contributed by atoms with Gasteiger partial charge in [0.2, 0.25) is 0 Å². The lowest BCUT2D eigenvalue weighted by atomic mass is 10.1. The lowest BCUT2D eigenvalue weighted by Crippen LogP contribution is -2.28. The second kappa shape index (κ2) is 9.30. The molecule has 2 aromatic carbocycles. The molecule has 0 N–H and O–H groups in total. The molecule has 0 unspecified atom stereocenters. The zero-order valence-corrected chi connectivity index (χ0v) is 16.5. The fraction of sp³-hybridized carbons (Fsp3) is 0.182. The standard InChI is InChI=1S/C22H18FNO4S/c1-3-10-24-21(25)20(29-22(24)26)13-15-8-9-18(19(12-15)27-4-2)28-14-16-6-5-7-17(23)11-16/h1,5-9,11-13H,4,10,14H2,2H3/b20-13-. The smallest absolute Gasteiger partial charge is 0.294 e. The fourth-order valence-electron chi connectivity index (χ4n) is 2.67. The largest absolute Gasteiger partial charge is 0.490 e. The van der Waals surface area contributed by atoms with Gasteiger partial charge < -0.3 is 9.47 Å². The van der Waals surface area contributed by atoms with E-state index in [4.69, 9.17) is 15.9 Å². The summed E-state index contributed by atoms with van der Waals surface area (Å²) in [7, 11) is 0. The lowest BCUT2D eigenvalue weighted by Gasteiger charge is -2.13. The predicted molar refractivity (Wildman–Crippen MR) is 110 cm³/mol. The molecule has 0 radical (unpaired) electrons. The molecule has 1 saturated heterocycles. The topological polar surface area (TPSA) is 55.8 Å². The molecule has 0 aromatic heterocycles. The van der Waals surface area contributed by atoms with Gasteiger partial charge in [0, 0.05) is 0 Å². The van der Waals surface area contributed by atoms with E-state index in [-0.39, 0.29) is 24.2 Å². The van der Waals surface area contributed by atoms with Crippen molar-refractivity contribution in [3.05, 3.63) is 64.3 Å². The third-order valence-electron chi connectivity index (χ3n) is 3.97. The van der Waals surface area contributed by atoms with Crippen molar-refractivity contribution in [1.82, 2.24) is 4.90 Å². The van der Waals surface area contributed by atoms with Crippen LogP contribution in [0.25, 0.3) is 6.08 Å². The molecule has 1 aliphatic heterocycles. The Morgan fingerprint density at radius 3 is 2.72 bits per heavy atom. The second-order valence-corrected chi connectivity index (χ2v) is 7.02. The quantitative estimate of drug-likeness (QED) is 0.497. The highest BCUT2D eigenvalue weighted by Crippen LogP contribution is 2.34. The molecular formula is C22H18FNO4S. The number of thioether (sulfide) groups is 1. The summed E-state index contributed by atoms with van der Waals surface area (Å²) in [6.45, 7) is 2.38. The van der Waals surface area contributed by atoms with Crippen LogP contribution in [0.3, 0.4) is 0 Å². The van der Waals surface area contributed by atoms with Crippen molar-refractivity contribution in [2.24, 2.45) is 0 Å². The summed E-state index contributed by atoms with van der Waals surface area (Å²) >= 11 is 0.844. The van der Waals surface area contributed by atoms with Gasteiger partial charge in [-0.1, -0.05) is 24.1 Å². The van der Waals surface area contributed by atoms with E-state index in [0.717, 1.165) is 16.7 Å². The molecule has 2 amide bonds. The highest BCUT2D eigenvalue weighted by atomic mass is 32.2. The van der Waals surface area contributed by atoms with Gasteiger partial charge in [-0.2, -0.15) is 0 Å². The second-order valence-electron chi connectivity index (χ2n) is 6.03. The number of carbonyl (C=O) groups is 2. The van der Waals surface area contributed by atoms with Gasteiger partial charge in [-0.25, -0.2) is 4.39 Å². The molecule has 1 heterocycles. The van der Waals surface area contributed by atoms with Crippen LogP contribution in [0.5, 0.6) is 11.5 Å². The monoisotopic (exact) mass is 411 g/mol. The van der Waals surface area contributed by atoms with Crippen LogP contribution < -0.4 is 9.47 Å². The summed E-state index contributed by atoms with van der Waals surface area (Å²) in [4.78, 5) is 25.5. The normalized spacial score (nSPS) is 14.9. The third-order valence-corrected chi connectivity index (χ3v) is 4.88. The van der Waals surface area contributed by atoms with E-state index in [9.17, 15) is 14.0 Å². The number of imide groups is 1. The molecular weight excluding hydrogens is 393 g/mol. The molecule has 0 bridgehead atoms. The highest BCUT2D eigenvalue weighted by Gasteiger charge is 2.34. The van der Waals surface area contributed by atoms with Crippen molar-refractivity contribution in [1.29, 1.82) is 0 Å². The molecule has 148 valence electrons. The number of benzene rings is 2. The number of amides is 2. The first kappa shape index (κ1) is 20.5. The Hall–Kier alpha value is -3.24. The number of rotatable bonds is 7. The Morgan fingerprint density at radius 2 is 2.00 bits per heavy atom. The lowest BCUT2D eigenvalue weighted by molar-refractivity contribution is -0.122. The van der Waals surface area contributed by atoms with Gasteiger partial charge in [-0.3, -0.25) is 14.5 Å². The van der Waals surface area contributed by atoms with Gasteiger partial charge in [0.05, 0.1) is 18.1 Å². The van der Waals surface area contributed by atoms with Crippen molar-refractivity contribution >= 4 is 29.0 Å². The SMILES string of the molecule is C#CCN1C(=O)S/C(=C\c2ccc(OCc3cccc(F)c3)c(OCC)c2)C1=O. The number of ether oxygens (including phenoxy) is 2. The van der Waals surface area contributed by atoms with Crippen LogP contribution in [-0.4, -0.2) is 29.2 Å². The highest BCUT2D eigenvalue weighted by molar-refractivity contribution is 8.18. The maximum absolute atomic E-state index is 13.3. The molecule has 0 aliphatic carbocycles. The number of carbonyl (C=O) groups excluding carboxylic acids is 2. The van der Waals surface area contributed by atoms with Crippen LogP contribution in [0.4, 0.5) is 9.18 Å². The predicted octanol–water partition coefficient (Wildman–Crippen LogP) is 4.47. The average Bonchev–Trinajstić information content (AvgIpc) is 2.95. The molecule has 0 saturated carbocycles. The third kappa shape index (κ3) is 4.98. The van der Waals surface area contributed by atoms with Crippen molar-refractivity contribution < 1.29 is 23.5 Å². The van der Waals surface area contributed by atoms with Gasteiger partial charge in [0.15, 0.2) is 11.5 Å². The molecule has 7 heteroatoms. The first-order valence-electron chi connectivity index (χ1n) is 8.84. The maximum Gasteiger partial charge on any atom is 0.294 e. The van der Waals surface area contributed by atoms with Crippen LogP contribution >= 0.6 is 11.8 Å². The molecule has 2 aromatic rings. The van der Waals surface area contributed by atoms with Crippen LogP contribution in [0, 0.1) is 18.2 Å². The van der Waals surface area contributed by atoms with Gasteiger partial charge in [0.25, 0.3) is 11.1 Å². The van der Waals surface area contributed by atoms with Crippen molar-refractivity contribution in [3.63, 3.8) is 0 Å². The minimum Gasteiger partial charge on any atom is -0.490 e. The van der Waals surface area contributed by atoms with E-state index < -0.39 is 5.91 Å². The number of terminal acetylenes is 1. The first-order chi connectivity index (χ1) is 14.0. The number of nitrogens with zero attached hydrogens (tertiary/aromatic N) is 1. The minimum absolute atomic E-state index is 0.0565. The summed E-state index contributed by atoms with van der Waals surface area (Å²) in [6.07, 6.45) is 6.81. The van der Waals surface area contributed by atoms with Crippen LogP contribution in [0.15, 0.2) is 47.4 Å². The van der Waals surface area contributed by atoms with E-state index >= 15 is 0 Å². The molecule has 0 atom stereocenters. The summed E-state index contributed by atoms with van der Waals surface area (Å²) in [5, 5.41) is -0.390. The van der Waals surface area contributed by atoms with Crippen molar-refractivity contribution in [2.75, 3.05) is 13.2 Å². The molecule has 0 spiro atoms. The molecule has 5 nitrogen and oxygen atoms in total. The Labute approximate surface area is 172 Å². The minimum atomic E-state index is -0.414. The Bertz CT molecular complexity index is 1010. The number of halogens is 1. The van der Waals surface area contributed by atoms with Crippen LogP contribution in [0.2, 0.25) is 0 Å². The van der Waals surface area contributed by atoms with E-state index in [1.54, 1.807) is 36.4 Å². The van der Waals surface area contributed by atoms with Gasteiger partial charge in [0.1, 0.15) is 12.4 Å². The molecule has 1 fully saturated rings. The first-order valence-corrected chi connectivity index (χ1v) is 9.66. The van der Waals surface area contributed by atoms with Gasteiger partial charge in [-0.15, -0.1) is 6.42 Å². The van der Waals surface area contributed by atoms with E-state index in [2.05, 4.69) is 5.92 Å². The van der Waals surface area contributed by atoms with Crippen molar-refractivity contribution in [2.45, 2.75) is 13.5 Å². The average molecular weight is 411 g/mol. The molecule has 3 rings (SSSR count). The zero-order chi connectivity index (χ0) is 20.8. The summed E-state index contributed by atoms with van der Waals surface area (Å²) in [5.41, 5.74) is 1.37. The summed E-state index contributed by atoms with van der Waals surface area (Å²) in [5.74, 6) is 2.54.